The topological polar surface area (TPSA) is 8.17 Å². The van der Waals surface area contributed by atoms with E-state index in [9.17, 15) is 6.85 Å². The van der Waals surface area contributed by atoms with E-state index in [0.717, 1.165) is 92.4 Å². The van der Waals surface area contributed by atoms with Gasteiger partial charge in [-0.15, -0.1) is 11.3 Å². The molecule has 288 valence electrons. The van der Waals surface area contributed by atoms with Gasteiger partial charge < -0.3 is 9.47 Å². The molecule has 2 aliphatic carbocycles. The summed E-state index contributed by atoms with van der Waals surface area (Å²) in [7, 11) is 0. The average molecular weight is 810 g/mol. The smallest absolute Gasteiger partial charge is 0.0725 e. The fourth-order valence-electron chi connectivity index (χ4n) is 11.0. The first kappa shape index (κ1) is 29.5. The standard InChI is InChI=1S/C59H36N2S/c1-2-16-37(17-3-1)60-51-28-12-7-21-42(51)43-33-32-38(36-54(43)60)61(53-29-15-31-56-58(53)46-22-8-13-30-55(46)62-56)52-35-34-50-57-44(23-14-24-45(52)57)41-20-6-11-27-49(41)59(50)47-25-9-4-18-39(47)40-19-5-10-26-48(40)59/h1-36H/i14D,23D,24D,34D,35D. The Labute approximate surface area is 369 Å². The van der Waals surface area contributed by atoms with Crippen molar-refractivity contribution in [2.75, 3.05) is 4.90 Å². The number of rotatable bonds is 4. The molecule has 0 aliphatic heterocycles. The van der Waals surface area contributed by atoms with Gasteiger partial charge in [0.25, 0.3) is 0 Å². The number of anilines is 3. The largest absolute Gasteiger partial charge is 0.309 e. The van der Waals surface area contributed by atoms with E-state index >= 15 is 0 Å². The third-order valence-corrected chi connectivity index (χ3v) is 14.5. The Bertz CT molecular complexity index is 4090. The zero-order valence-corrected chi connectivity index (χ0v) is 34.0. The Morgan fingerprint density at radius 3 is 1.82 bits per heavy atom. The van der Waals surface area contributed by atoms with Crippen molar-refractivity contribution >= 4 is 81.1 Å². The lowest BCUT2D eigenvalue weighted by Crippen LogP contribution is -2.32. The van der Waals surface area contributed by atoms with E-state index in [-0.39, 0.29) is 30.2 Å². The molecule has 1 spiro atoms. The van der Waals surface area contributed by atoms with Crippen molar-refractivity contribution in [3.8, 4) is 27.9 Å². The van der Waals surface area contributed by atoms with E-state index < -0.39 is 5.41 Å². The van der Waals surface area contributed by atoms with Crippen molar-refractivity contribution in [1.29, 1.82) is 0 Å². The third-order valence-electron chi connectivity index (χ3n) is 13.4. The monoisotopic (exact) mass is 809 g/mol. The van der Waals surface area contributed by atoms with E-state index in [0.29, 0.717) is 27.6 Å². The highest BCUT2D eigenvalue weighted by atomic mass is 32.1. The average Bonchev–Trinajstić information content (AvgIpc) is 4.02. The van der Waals surface area contributed by atoms with Crippen molar-refractivity contribution < 1.29 is 6.85 Å². The molecule has 3 heteroatoms. The van der Waals surface area contributed by atoms with Crippen LogP contribution in [-0.2, 0) is 5.41 Å². The molecule has 12 aromatic rings. The summed E-state index contributed by atoms with van der Waals surface area (Å²) in [6.07, 6.45) is 0. The van der Waals surface area contributed by atoms with Crippen LogP contribution in [0.4, 0.5) is 17.1 Å². The summed E-state index contributed by atoms with van der Waals surface area (Å²) in [5, 5.41) is 5.19. The lowest BCUT2D eigenvalue weighted by Gasteiger charge is -2.40. The highest BCUT2D eigenvalue weighted by Gasteiger charge is 2.50. The van der Waals surface area contributed by atoms with Crippen LogP contribution in [0.2, 0.25) is 0 Å². The van der Waals surface area contributed by atoms with E-state index in [4.69, 9.17) is 0 Å². The van der Waals surface area contributed by atoms with Gasteiger partial charge in [0.2, 0.25) is 0 Å². The first-order valence-electron chi connectivity index (χ1n) is 23.5. The minimum Gasteiger partial charge on any atom is -0.309 e. The number of fused-ring (bicyclic) bond motifs is 15. The SMILES string of the molecule is [2H]c1c([2H])c2c3c(c([2H])c([2H])c(N(c4ccc5c6ccccc6n(-c6ccccc6)c5c4)c4cccc5sc6ccccc6c45)c3c1[2H])C1(c3ccccc3-c3ccccc31)c1ccccc1-2. The molecule has 0 N–H and O–H groups in total. The van der Waals surface area contributed by atoms with Gasteiger partial charge in [0.15, 0.2) is 0 Å². The van der Waals surface area contributed by atoms with Crippen LogP contribution in [0.3, 0.4) is 0 Å². The van der Waals surface area contributed by atoms with Crippen LogP contribution < -0.4 is 4.90 Å². The predicted molar refractivity (Wildman–Crippen MR) is 262 cm³/mol. The van der Waals surface area contributed by atoms with Crippen LogP contribution in [0, 0.1) is 0 Å². The number of hydrogen-bond donors (Lipinski definition) is 0. The lowest BCUT2D eigenvalue weighted by atomic mass is 9.61. The lowest BCUT2D eigenvalue weighted by molar-refractivity contribution is 0.773. The summed E-state index contributed by atoms with van der Waals surface area (Å²) in [6.45, 7) is 0. The Kier molecular flexibility index (Phi) is 6.02. The van der Waals surface area contributed by atoms with E-state index in [1.165, 1.54) is 0 Å². The molecule has 0 atom stereocenters. The fourth-order valence-corrected chi connectivity index (χ4v) is 12.1. The molecule has 2 heterocycles. The predicted octanol–water partition coefficient (Wildman–Crippen LogP) is 16.1. The highest BCUT2D eigenvalue weighted by molar-refractivity contribution is 7.26. The minimum absolute atomic E-state index is 0.0214. The summed E-state index contributed by atoms with van der Waals surface area (Å²) in [6, 6.07) is 64.2. The van der Waals surface area contributed by atoms with Crippen molar-refractivity contribution in [3.63, 3.8) is 0 Å². The zero-order chi connectivity index (χ0) is 44.9. The molecule has 0 amide bonds. The van der Waals surface area contributed by atoms with Gasteiger partial charge in [0.1, 0.15) is 0 Å². The maximum Gasteiger partial charge on any atom is 0.0725 e. The Morgan fingerprint density at radius 2 is 1.05 bits per heavy atom. The number of nitrogens with zero attached hydrogens (tertiary/aromatic N) is 2. The van der Waals surface area contributed by atoms with Crippen LogP contribution in [-0.4, -0.2) is 4.57 Å². The maximum atomic E-state index is 10.6. The van der Waals surface area contributed by atoms with E-state index in [2.05, 4.69) is 131 Å². The molecule has 0 unspecified atom stereocenters. The number of para-hydroxylation sites is 2. The number of hydrogen-bond acceptors (Lipinski definition) is 2. The summed E-state index contributed by atoms with van der Waals surface area (Å²) in [5.41, 5.74) is 10.7. The summed E-state index contributed by atoms with van der Waals surface area (Å²) in [4.78, 5) is 2.09. The van der Waals surface area contributed by atoms with Crippen molar-refractivity contribution in [2.45, 2.75) is 5.41 Å². The van der Waals surface area contributed by atoms with Gasteiger partial charge in [0.05, 0.1) is 34.7 Å². The molecule has 14 rings (SSSR count). The normalized spacial score (nSPS) is 14.4. The van der Waals surface area contributed by atoms with Gasteiger partial charge in [-0.1, -0.05) is 164 Å². The van der Waals surface area contributed by atoms with Crippen LogP contribution in [0.15, 0.2) is 218 Å². The maximum absolute atomic E-state index is 10.6. The van der Waals surface area contributed by atoms with Gasteiger partial charge in [-0.2, -0.15) is 0 Å². The molecular formula is C59H36N2S. The molecular weight excluding hydrogens is 769 g/mol. The molecule has 2 aromatic heterocycles. The second-order valence-corrected chi connectivity index (χ2v) is 17.4. The van der Waals surface area contributed by atoms with Gasteiger partial charge >= 0.3 is 0 Å². The van der Waals surface area contributed by atoms with Gasteiger partial charge in [-0.25, -0.2) is 0 Å². The number of aromatic nitrogens is 1. The van der Waals surface area contributed by atoms with Crippen LogP contribution in [0.5, 0.6) is 0 Å². The summed E-state index contributed by atoms with van der Waals surface area (Å²) >= 11 is 1.71. The van der Waals surface area contributed by atoms with Crippen LogP contribution in [0.1, 0.15) is 29.1 Å². The van der Waals surface area contributed by atoms with Crippen molar-refractivity contribution in [3.05, 3.63) is 241 Å². The molecule has 2 aliphatic rings. The van der Waals surface area contributed by atoms with Crippen molar-refractivity contribution in [2.24, 2.45) is 0 Å². The van der Waals surface area contributed by atoms with Gasteiger partial charge in [-0.3, -0.25) is 0 Å². The summed E-state index contributed by atoms with van der Waals surface area (Å²) < 4.78 is 55.2. The first-order valence-corrected chi connectivity index (χ1v) is 21.8. The highest BCUT2D eigenvalue weighted by Crippen LogP contribution is 2.62. The van der Waals surface area contributed by atoms with Gasteiger partial charge in [-0.05, 0) is 104 Å². The molecule has 0 fully saturated rings. The molecule has 0 bridgehead atoms. The van der Waals surface area contributed by atoms with E-state index in [1.807, 2.05) is 66.7 Å². The summed E-state index contributed by atoms with van der Waals surface area (Å²) in [5.74, 6) is 0. The second-order valence-electron chi connectivity index (χ2n) is 16.3. The molecule has 10 aromatic carbocycles. The second kappa shape index (κ2) is 12.7. The Morgan fingerprint density at radius 1 is 0.419 bits per heavy atom. The van der Waals surface area contributed by atoms with Crippen molar-refractivity contribution in [1.82, 2.24) is 4.57 Å². The molecule has 62 heavy (non-hydrogen) atoms. The first-order chi connectivity index (χ1) is 32.9. The number of thiophene rings is 1. The molecule has 0 saturated carbocycles. The minimum atomic E-state index is -1.05. The molecule has 2 nitrogen and oxygen atoms in total. The number of benzene rings is 10. The quantitative estimate of drug-likeness (QED) is 0.172. The Hall–Kier alpha value is -7.72. The third kappa shape index (κ3) is 4.37. The molecule has 0 saturated heterocycles. The fraction of sp³-hybridized carbons (Fsp3) is 0.0169. The van der Waals surface area contributed by atoms with Crippen LogP contribution >= 0.6 is 11.3 Å². The zero-order valence-electron chi connectivity index (χ0n) is 38.2. The molecule has 0 radical (unpaired) electrons. The van der Waals surface area contributed by atoms with Crippen LogP contribution in [0.25, 0.3) is 80.7 Å². The van der Waals surface area contributed by atoms with Gasteiger partial charge in [0, 0.05) is 47.7 Å². The van der Waals surface area contributed by atoms with E-state index in [1.54, 1.807) is 11.3 Å². The Balaban J connectivity index is 1.19.